The summed E-state index contributed by atoms with van der Waals surface area (Å²) in [6, 6.07) is 7.06. The van der Waals surface area contributed by atoms with Gasteiger partial charge < -0.3 is 20.1 Å². The predicted octanol–water partition coefficient (Wildman–Crippen LogP) is 1.26. The molecule has 124 valence electrons. The number of thioether (sulfide) groups is 1. The SMILES string of the molecule is COCCN=C1NC(=O)[C@H](CC(=O)Nc2cccc(OC)c2)S1. The van der Waals surface area contributed by atoms with Crippen molar-refractivity contribution in [2.45, 2.75) is 11.7 Å². The first-order valence-corrected chi connectivity index (χ1v) is 7.95. The van der Waals surface area contributed by atoms with E-state index in [1.807, 2.05) is 0 Å². The van der Waals surface area contributed by atoms with E-state index >= 15 is 0 Å². The lowest BCUT2D eigenvalue weighted by molar-refractivity contribution is -0.122. The van der Waals surface area contributed by atoms with Crippen LogP contribution in [0.5, 0.6) is 5.75 Å². The summed E-state index contributed by atoms with van der Waals surface area (Å²) in [6.45, 7) is 0.961. The summed E-state index contributed by atoms with van der Waals surface area (Å²) in [6.07, 6.45) is 0.0804. The molecule has 2 rings (SSSR count). The zero-order chi connectivity index (χ0) is 16.7. The number of nitrogens with one attached hydrogen (secondary N) is 2. The Hall–Kier alpha value is -2.06. The van der Waals surface area contributed by atoms with E-state index in [9.17, 15) is 9.59 Å². The molecule has 0 aromatic heterocycles. The van der Waals surface area contributed by atoms with Crippen LogP contribution in [0.25, 0.3) is 0 Å². The second-order valence-corrected chi connectivity index (χ2v) is 5.95. The normalized spacial score (nSPS) is 18.8. The molecule has 0 radical (unpaired) electrons. The van der Waals surface area contributed by atoms with E-state index in [4.69, 9.17) is 9.47 Å². The monoisotopic (exact) mass is 337 g/mol. The van der Waals surface area contributed by atoms with Gasteiger partial charge in [0.15, 0.2) is 5.17 Å². The average Bonchev–Trinajstić information content (AvgIpc) is 2.87. The van der Waals surface area contributed by atoms with Gasteiger partial charge in [-0.15, -0.1) is 0 Å². The third-order valence-electron chi connectivity index (χ3n) is 3.05. The van der Waals surface area contributed by atoms with Gasteiger partial charge in [0.2, 0.25) is 11.8 Å². The fraction of sp³-hybridized carbons (Fsp3) is 0.400. The molecule has 1 atom stereocenters. The second-order valence-electron chi connectivity index (χ2n) is 4.76. The molecule has 0 bridgehead atoms. The van der Waals surface area contributed by atoms with Crippen molar-refractivity contribution in [1.29, 1.82) is 0 Å². The topological polar surface area (TPSA) is 89.0 Å². The molecule has 0 spiro atoms. The van der Waals surface area contributed by atoms with Crippen molar-refractivity contribution in [3.05, 3.63) is 24.3 Å². The van der Waals surface area contributed by atoms with Gasteiger partial charge in [-0.25, -0.2) is 0 Å². The van der Waals surface area contributed by atoms with Gasteiger partial charge in [0.25, 0.3) is 0 Å². The van der Waals surface area contributed by atoms with Crippen molar-refractivity contribution in [1.82, 2.24) is 5.32 Å². The van der Waals surface area contributed by atoms with Crippen LogP contribution in [0.15, 0.2) is 29.3 Å². The second kappa shape index (κ2) is 8.54. The van der Waals surface area contributed by atoms with E-state index in [2.05, 4.69) is 15.6 Å². The number of nitrogens with zero attached hydrogens (tertiary/aromatic N) is 1. The van der Waals surface area contributed by atoms with Crippen LogP contribution in [0.2, 0.25) is 0 Å². The highest BCUT2D eigenvalue weighted by Crippen LogP contribution is 2.23. The summed E-state index contributed by atoms with van der Waals surface area (Å²) >= 11 is 1.26. The molecule has 1 heterocycles. The number of hydrogen-bond donors (Lipinski definition) is 2. The fourth-order valence-electron chi connectivity index (χ4n) is 1.93. The zero-order valence-corrected chi connectivity index (χ0v) is 13.8. The molecule has 0 aliphatic carbocycles. The van der Waals surface area contributed by atoms with Crippen molar-refractivity contribution in [3.8, 4) is 5.75 Å². The summed E-state index contributed by atoms with van der Waals surface area (Å²) in [4.78, 5) is 28.1. The predicted molar refractivity (Wildman–Crippen MR) is 89.9 cm³/mol. The van der Waals surface area contributed by atoms with E-state index in [1.54, 1.807) is 38.5 Å². The number of hydrogen-bond acceptors (Lipinski definition) is 6. The summed E-state index contributed by atoms with van der Waals surface area (Å²) in [5, 5.41) is 5.49. The van der Waals surface area contributed by atoms with E-state index in [1.165, 1.54) is 11.8 Å². The lowest BCUT2D eigenvalue weighted by Gasteiger charge is -2.08. The van der Waals surface area contributed by atoms with Gasteiger partial charge >= 0.3 is 0 Å². The molecule has 2 amide bonds. The van der Waals surface area contributed by atoms with E-state index in [0.717, 1.165) is 0 Å². The minimum absolute atomic E-state index is 0.0804. The van der Waals surface area contributed by atoms with Crippen LogP contribution in [0.4, 0.5) is 5.69 Å². The molecule has 0 unspecified atom stereocenters. The number of rotatable bonds is 7. The van der Waals surface area contributed by atoms with Crippen LogP contribution < -0.4 is 15.4 Å². The zero-order valence-electron chi connectivity index (χ0n) is 13.0. The molecule has 1 aliphatic rings. The maximum atomic E-state index is 12.1. The van der Waals surface area contributed by atoms with E-state index < -0.39 is 5.25 Å². The van der Waals surface area contributed by atoms with Gasteiger partial charge in [0.1, 0.15) is 11.0 Å². The number of amidine groups is 1. The third-order valence-corrected chi connectivity index (χ3v) is 4.17. The van der Waals surface area contributed by atoms with Crippen LogP contribution in [0.1, 0.15) is 6.42 Å². The van der Waals surface area contributed by atoms with Gasteiger partial charge in [-0.1, -0.05) is 17.8 Å². The summed E-state index contributed by atoms with van der Waals surface area (Å²) < 4.78 is 10.0. The summed E-state index contributed by atoms with van der Waals surface area (Å²) in [5.74, 6) is 0.222. The minimum atomic E-state index is -0.470. The molecule has 2 N–H and O–H groups in total. The molecular weight excluding hydrogens is 318 g/mol. The van der Waals surface area contributed by atoms with E-state index in [0.29, 0.717) is 29.8 Å². The summed E-state index contributed by atoms with van der Waals surface area (Å²) in [7, 11) is 3.15. The maximum Gasteiger partial charge on any atom is 0.240 e. The number of carbonyl (C=O) groups excluding carboxylic acids is 2. The molecule has 1 aliphatic heterocycles. The van der Waals surface area contributed by atoms with Crippen molar-refractivity contribution in [2.24, 2.45) is 4.99 Å². The molecular formula is C15H19N3O4S. The van der Waals surface area contributed by atoms with Crippen LogP contribution in [-0.2, 0) is 14.3 Å². The number of benzene rings is 1. The minimum Gasteiger partial charge on any atom is -0.497 e. The Kier molecular flexibility index (Phi) is 6.42. The number of methoxy groups -OCH3 is 2. The molecule has 23 heavy (non-hydrogen) atoms. The molecule has 1 aromatic carbocycles. The maximum absolute atomic E-state index is 12.1. The van der Waals surface area contributed by atoms with Gasteiger partial charge in [-0.2, -0.15) is 0 Å². The third kappa shape index (κ3) is 5.26. The Bertz CT molecular complexity index is 606. The Labute approximate surface area is 138 Å². The highest BCUT2D eigenvalue weighted by Gasteiger charge is 2.31. The summed E-state index contributed by atoms with van der Waals surface area (Å²) in [5.41, 5.74) is 0.631. The number of carbonyl (C=O) groups is 2. The number of aliphatic imine (C=N–C) groups is 1. The first-order valence-electron chi connectivity index (χ1n) is 7.07. The number of anilines is 1. The fourth-order valence-corrected chi connectivity index (χ4v) is 2.93. The van der Waals surface area contributed by atoms with Crippen LogP contribution in [0.3, 0.4) is 0 Å². The first kappa shape index (κ1) is 17.3. The Morgan fingerprint density at radius 2 is 2.26 bits per heavy atom. The van der Waals surface area contributed by atoms with Crippen molar-refractivity contribution in [2.75, 3.05) is 32.7 Å². The molecule has 7 nitrogen and oxygen atoms in total. The first-order chi connectivity index (χ1) is 11.1. The largest absolute Gasteiger partial charge is 0.497 e. The van der Waals surface area contributed by atoms with Gasteiger partial charge in [-0.3, -0.25) is 14.6 Å². The smallest absolute Gasteiger partial charge is 0.240 e. The van der Waals surface area contributed by atoms with Gasteiger partial charge in [0.05, 0.1) is 20.3 Å². The Balaban J connectivity index is 1.87. The molecule has 0 saturated carbocycles. The molecule has 1 aromatic rings. The lowest BCUT2D eigenvalue weighted by Crippen LogP contribution is -2.28. The quantitative estimate of drug-likeness (QED) is 0.731. The Morgan fingerprint density at radius 1 is 1.43 bits per heavy atom. The standard InChI is InChI=1S/C15H19N3O4S/c1-21-7-6-16-15-18-14(20)12(23-15)9-13(19)17-10-4-3-5-11(8-10)22-2/h3-5,8,12H,6-7,9H2,1-2H3,(H,17,19)(H,16,18,20)/t12-/m0/s1. The van der Waals surface area contributed by atoms with Crippen molar-refractivity contribution >= 4 is 34.4 Å². The lowest BCUT2D eigenvalue weighted by atomic mass is 10.2. The van der Waals surface area contributed by atoms with Crippen LogP contribution in [-0.4, -0.2) is 49.6 Å². The van der Waals surface area contributed by atoms with E-state index in [-0.39, 0.29) is 18.2 Å². The molecule has 8 heteroatoms. The number of ether oxygens (including phenoxy) is 2. The average molecular weight is 337 g/mol. The van der Waals surface area contributed by atoms with Crippen molar-refractivity contribution < 1.29 is 19.1 Å². The van der Waals surface area contributed by atoms with Gasteiger partial charge in [-0.05, 0) is 12.1 Å². The van der Waals surface area contributed by atoms with Gasteiger partial charge in [0, 0.05) is 25.3 Å². The molecule has 1 saturated heterocycles. The molecule has 1 fully saturated rings. The van der Waals surface area contributed by atoms with Crippen LogP contribution in [0, 0.1) is 0 Å². The Morgan fingerprint density at radius 3 is 3.00 bits per heavy atom. The number of amides is 2. The highest BCUT2D eigenvalue weighted by molar-refractivity contribution is 8.15. The van der Waals surface area contributed by atoms with Crippen LogP contribution >= 0.6 is 11.8 Å². The van der Waals surface area contributed by atoms with Crippen molar-refractivity contribution in [3.63, 3.8) is 0 Å². The highest BCUT2D eigenvalue weighted by atomic mass is 32.2.